The maximum atomic E-state index is 12.1. The Morgan fingerprint density at radius 1 is 1.36 bits per heavy atom. The van der Waals surface area contributed by atoms with E-state index in [1.165, 1.54) is 12.3 Å². The van der Waals surface area contributed by atoms with E-state index < -0.39 is 5.79 Å². The molecule has 1 aromatic heterocycles. The lowest BCUT2D eigenvalue weighted by atomic mass is 10.2. The van der Waals surface area contributed by atoms with Crippen LogP contribution in [0.5, 0.6) is 11.5 Å². The van der Waals surface area contributed by atoms with Gasteiger partial charge in [0.1, 0.15) is 11.8 Å². The highest BCUT2D eigenvalue weighted by atomic mass is 16.7. The summed E-state index contributed by atoms with van der Waals surface area (Å²) in [5, 5.41) is 11.5. The second kappa shape index (κ2) is 5.11. The fourth-order valence-corrected chi connectivity index (χ4v) is 2.17. The molecule has 112 valence electrons. The fourth-order valence-electron chi connectivity index (χ4n) is 2.17. The van der Waals surface area contributed by atoms with Crippen LogP contribution < -0.4 is 14.8 Å². The monoisotopic (exact) mass is 297 g/mol. The largest absolute Gasteiger partial charge is 0.449 e. The van der Waals surface area contributed by atoms with Crippen molar-refractivity contribution in [3.63, 3.8) is 0 Å². The van der Waals surface area contributed by atoms with Crippen molar-refractivity contribution in [3.8, 4) is 17.6 Å². The fraction of sp³-hybridized carbons (Fsp3) is 0.250. The molecule has 0 bridgehead atoms. The zero-order valence-corrected chi connectivity index (χ0v) is 12.3. The van der Waals surface area contributed by atoms with E-state index in [2.05, 4.69) is 10.3 Å². The number of carbonyl (C=O) groups excluding carboxylic acids is 1. The molecule has 2 heterocycles. The number of rotatable bonds is 3. The third-order valence-corrected chi connectivity index (χ3v) is 3.55. The number of nitrogens with zero attached hydrogens (tertiary/aromatic N) is 1. The third kappa shape index (κ3) is 2.49. The molecule has 1 atom stereocenters. The summed E-state index contributed by atoms with van der Waals surface area (Å²) in [6.07, 6.45) is 2.20. The molecule has 1 unspecified atom stereocenters. The van der Waals surface area contributed by atoms with Crippen LogP contribution in [-0.2, 0) is 0 Å². The molecule has 0 spiro atoms. The molecular weight excluding hydrogens is 282 g/mol. The SMILES string of the molecule is CCC1(C)Oc2ccc(NC(=O)c3cc(C#N)c[nH]3)cc2O1. The number of anilines is 1. The first-order chi connectivity index (χ1) is 10.5. The van der Waals surface area contributed by atoms with E-state index in [4.69, 9.17) is 14.7 Å². The van der Waals surface area contributed by atoms with E-state index in [0.29, 0.717) is 34.9 Å². The van der Waals surface area contributed by atoms with Gasteiger partial charge in [-0.15, -0.1) is 0 Å². The van der Waals surface area contributed by atoms with Crippen LogP contribution in [-0.4, -0.2) is 16.7 Å². The Morgan fingerprint density at radius 3 is 2.82 bits per heavy atom. The number of hydrogen-bond donors (Lipinski definition) is 2. The summed E-state index contributed by atoms with van der Waals surface area (Å²) < 4.78 is 11.5. The molecule has 6 nitrogen and oxygen atoms in total. The molecule has 0 radical (unpaired) electrons. The van der Waals surface area contributed by atoms with Crippen LogP contribution in [0.25, 0.3) is 0 Å². The lowest BCUT2D eigenvalue weighted by molar-refractivity contribution is -0.0640. The Hall–Kier alpha value is -2.94. The molecule has 1 aliphatic rings. The van der Waals surface area contributed by atoms with Crippen LogP contribution in [0, 0.1) is 11.3 Å². The predicted molar refractivity (Wildman–Crippen MR) is 79.9 cm³/mol. The van der Waals surface area contributed by atoms with Crippen LogP contribution in [0.2, 0.25) is 0 Å². The number of ether oxygens (including phenoxy) is 2. The van der Waals surface area contributed by atoms with Crippen molar-refractivity contribution in [2.45, 2.75) is 26.1 Å². The number of benzene rings is 1. The molecule has 0 fully saturated rings. The average molecular weight is 297 g/mol. The first-order valence-electron chi connectivity index (χ1n) is 6.95. The van der Waals surface area contributed by atoms with Gasteiger partial charge in [0.25, 0.3) is 5.91 Å². The third-order valence-electron chi connectivity index (χ3n) is 3.55. The zero-order chi connectivity index (χ0) is 15.7. The van der Waals surface area contributed by atoms with Crippen molar-refractivity contribution in [1.29, 1.82) is 5.26 Å². The summed E-state index contributed by atoms with van der Waals surface area (Å²) in [7, 11) is 0. The summed E-state index contributed by atoms with van der Waals surface area (Å²) >= 11 is 0. The number of nitriles is 1. The number of H-pyrrole nitrogens is 1. The minimum atomic E-state index is -0.661. The molecule has 6 heteroatoms. The smallest absolute Gasteiger partial charge is 0.272 e. The van der Waals surface area contributed by atoms with Gasteiger partial charge < -0.3 is 19.8 Å². The summed E-state index contributed by atoms with van der Waals surface area (Å²) in [6, 6.07) is 8.70. The number of aromatic nitrogens is 1. The highest BCUT2D eigenvalue weighted by Crippen LogP contribution is 2.42. The van der Waals surface area contributed by atoms with Crippen molar-refractivity contribution in [3.05, 3.63) is 41.7 Å². The maximum absolute atomic E-state index is 12.1. The number of nitrogens with one attached hydrogen (secondary N) is 2. The second-order valence-electron chi connectivity index (χ2n) is 5.22. The van der Waals surface area contributed by atoms with Gasteiger partial charge in [-0.1, -0.05) is 6.92 Å². The second-order valence-corrected chi connectivity index (χ2v) is 5.22. The zero-order valence-electron chi connectivity index (χ0n) is 12.3. The normalized spacial score (nSPS) is 18.8. The Morgan fingerprint density at radius 2 is 2.14 bits per heavy atom. The van der Waals surface area contributed by atoms with Gasteiger partial charge in [0.15, 0.2) is 11.5 Å². The maximum Gasteiger partial charge on any atom is 0.272 e. The molecule has 0 saturated heterocycles. The first kappa shape index (κ1) is 14.0. The summed E-state index contributed by atoms with van der Waals surface area (Å²) in [5.74, 6) is 0.283. The Bertz CT molecular complexity index is 775. The average Bonchev–Trinajstić information content (AvgIpc) is 3.10. The van der Waals surface area contributed by atoms with Gasteiger partial charge in [-0.2, -0.15) is 5.26 Å². The Labute approximate surface area is 127 Å². The van der Waals surface area contributed by atoms with Crippen molar-refractivity contribution < 1.29 is 14.3 Å². The van der Waals surface area contributed by atoms with Gasteiger partial charge in [-0.25, -0.2) is 0 Å². The van der Waals surface area contributed by atoms with Gasteiger partial charge in [-0.3, -0.25) is 4.79 Å². The standard InChI is InChI=1S/C16H15N3O3/c1-3-16(2)21-13-5-4-11(7-14(13)22-16)19-15(20)12-6-10(8-17)9-18-12/h4-7,9,18H,3H2,1-2H3,(H,19,20). The number of hydrogen-bond acceptors (Lipinski definition) is 4. The van der Waals surface area contributed by atoms with E-state index in [9.17, 15) is 4.79 Å². The molecule has 22 heavy (non-hydrogen) atoms. The molecule has 0 saturated carbocycles. The van der Waals surface area contributed by atoms with E-state index in [1.807, 2.05) is 19.9 Å². The van der Waals surface area contributed by atoms with E-state index in [-0.39, 0.29) is 5.91 Å². The topological polar surface area (TPSA) is 87.1 Å². The molecule has 2 N–H and O–H groups in total. The van der Waals surface area contributed by atoms with Gasteiger partial charge >= 0.3 is 0 Å². The highest BCUT2D eigenvalue weighted by Gasteiger charge is 2.35. The summed E-state index contributed by atoms with van der Waals surface area (Å²) in [4.78, 5) is 14.9. The summed E-state index contributed by atoms with van der Waals surface area (Å²) in [6.45, 7) is 3.85. The molecule has 2 aromatic rings. The quantitative estimate of drug-likeness (QED) is 0.911. The lowest BCUT2D eigenvalue weighted by Gasteiger charge is -2.20. The highest BCUT2D eigenvalue weighted by molar-refractivity contribution is 6.03. The number of aromatic amines is 1. The molecule has 1 aromatic carbocycles. The van der Waals surface area contributed by atoms with Gasteiger partial charge in [0, 0.05) is 31.3 Å². The van der Waals surface area contributed by atoms with Crippen LogP contribution >= 0.6 is 0 Å². The predicted octanol–water partition coefficient (Wildman–Crippen LogP) is 3.04. The molecular formula is C16H15N3O3. The number of amides is 1. The summed E-state index contributed by atoms with van der Waals surface area (Å²) in [5.41, 5.74) is 1.34. The Kier molecular flexibility index (Phi) is 3.26. The Balaban J connectivity index is 1.76. The van der Waals surface area contributed by atoms with Gasteiger partial charge in [-0.05, 0) is 18.2 Å². The van der Waals surface area contributed by atoms with E-state index in [0.717, 1.165) is 0 Å². The van der Waals surface area contributed by atoms with Crippen LogP contribution in [0.4, 0.5) is 5.69 Å². The first-order valence-corrected chi connectivity index (χ1v) is 6.95. The van der Waals surface area contributed by atoms with Crippen molar-refractivity contribution in [1.82, 2.24) is 4.98 Å². The lowest BCUT2D eigenvalue weighted by Crippen LogP contribution is -2.33. The molecule has 0 aliphatic carbocycles. The van der Waals surface area contributed by atoms with Crippen molar-refractivity contribution in [2.24, 2.45) is 0 Å². The number of carbonyl (C=O) groups is 1. The van der Waals surface area contributed by atoms with Gasteiger partial charge in [0.05, 0.1) is 5.56 Å². The minimum absolute atomic E-state index is 0.321. The van der Waals surface area contributed by atoms with Crippen LogP contribution in [0.1, 0.15) is 36.3 Å². The van der Waals surface area contributed by atoms with E-state index >= 15 is 0 Å². The van der Waals surface area contributed by atoms with Crippen LogP contribution in [0.15, 0.2) is 30.5 Å². The minimum Gasteiger partial charge on any atom is -0.449 e. The molecule has 1 amide bonds. The van der Waals surface area contributed by atoms with E-state index in [1.54, 1.807) is 18.2 Å². The van der Waals surface area contributed by atoms with Gasteiger partial charge in [0.2, 0.25) is 5.79 Å². The number of fused-ring (bicyclic) bond motifs is 1. The van der Waals surface area contributed by atoms with Crippen LogP contribution in [0.3, 0.4) is 0 Å². The van der Waals surface area contributed by atoms with Crippen molar-refractivity contribution >= 4 is 11.6 Å². The molecule has 3 rings (SSSR count). The molecule has 1 aliphatic heterocycles. The van der Waals surface area contributed by atoms with Crippen molar-refractivity contribution in [2.75, 3.05) is 5.32 Å².